The van der Waals surface area contributed by atoms with Gasteiger partial charge in [0, 0.05) is 5.56 Å². The third-order valence-electron chi connectivity index (χ3n) is 2.47. The lowest BCUT2D eigenvalue weighted by atomic mass is 9.91. The summed E-state index contributed by atoms with van der Waals surface area (Å²) < 4.78 is 42.6. The lowest BCUT2D eigenvalue weighted by Crippen LogP contribution is -2.29. The van der Waals surface area contributed by atoms with Crippen molar-refractivity contribution in [2.45, 2.75) is 38.5 Å². The standard InChI is InChI=1S/C13H17F3O2/c1-3-8-18-11-7-5-4-6-10(11)12(2,17)9-13(14,15)16/h4-7,17H,3,8-9H2,1-2H3. The monoisotopic (exact) mass is 262 g/mol. The lowest BCUT2D eigenvalue weighted by Gasteiger charge is -2.27. The highest BCUT2D eigenvalue weighted by Crippen LogP contribution is 2.38. The van der Waals surface area contributed by atoms with Gasteiger partial charge in [-0.1, -0.05) is 25.1 Å². The quantitative estimate of drug-likeness (QED) is 0.878. The molecule has 0 saturated heterocycles. The first-order valence-corrected chi connectivity index (χ1v) is 5.77. The molecule has 0 saturated carbocycles. The Balaban J connectivity index is 2.99. The van der Waals surface area contributed by atoms with Gasteiger partial charge in [0.05, 0.1) is 18.6 Å². The zero-order valence-corrected chi connectivity index (χ0v) is 10.4. The van der Waals surface area contributed by atoms with Gasteiger partial charge >= 0.3 is 6.18 Å². The molecule has 0 aromatic heterocycles. The van der Waals surface area contributed by atoms with Gasteiger partial charge in [-0.15, -0.1) is 0 Å². The van der Waals surface area contributed by atoms with Gasteiger partial charge in [-0.25, -0.2) is 0 Å². The summed E-state index contributed by atoms with van der Waals surface area (Å²) >= 11 is 0. The van der Waals surface area contributed by atoms with Crippen molar-refractivity contribution >= 4 is 0 Å². The van der Waals surface area contributed by atoms with Crippen LogP contribution in [0.3, 0.4) is 0 Å². The smallest absolute Gasteiger partial charge is 0.392 e. The largest absolute Gasteiger partial charge is 0.493 e. The van der Waals surface area contributed by atoms with Gasteiger partial charge in [-0.3, -0.25) is 0 Å². The predicted octanol–water partition coefficient (Wildman–Crippen LogP) is 3.64. The number of alkyl halides is 3. The minimum atomic E-state index is -4.43. The van der Waals surface area contributed by atoms with Crippen LogP contribution in [-0.2, 0) is 5.60 Å². The maximum absolute atomic E-state index is 12.4. The number of halogens is 3. The predicted molar refractivity (Wildman–Crippen MR) is 62.5 cm³/mol. The van der Waals surface area contributed by atoms with Gasteiger partial charge in [0.2, 0.25) is 0 Å². The Labute approximate surface area is 104 Å². The number of aliphatic hydroxyl groups is 1. The van der Waals surface area contributed by atoms with Crippen LogP contribution in [0.15, 0.2) is 24.3 Å². The second-order valence-corrected chi connectivity index (χ2v) is 4.41. The molecule has 0 aliphatic heterocycles. The van der Waals surface area contributed by atoms with Crippen LogP contribution >= 0.6 is 0 Å². The summed E-state index contributed by atoms with van der Waals surface area (Å²) in [6.45, 7) is 3.45. The van der Waals surface area contributed by atoms with Crippen molar-refractivity contribution in [2.24, 2.45) is 0 Å². The first-order chi connectivity index (χ1) is 8.26. The first-order valence-electron chi connectivity index (χ1n) is 5.77. The molecule has 0 amide bonds. The Morgan fingerprint density at radius 3 is 2.39 bits per heavy atom. The number of rotatable bonds is 5. The fourth-order valence-electron chi connectivity index (χ4n) is 1.74. The van der Waals surface area contributed by atoms with E-state index in [0.717, 1.165) is 13.3 Å². The summed E-state index contributed by atoms with van der Waals surface area (Å²) in [6.07, 6.45) is -4.98. The van der Waals surface area contributed by atoms with Crippen molar-refractivity contribution in [3.05, 3.63) is 29.8 Å². The Hall–Kier alpha value is -1.23. The summed E-state index contributed by atoms with van der Waals surface area (Å²) in [5.74, 6) is 0.300. The van der Waals surface area contributed by atoms with Gasteiger partial charge < -0.3 is 9.84 Å². The number of hydrogen-bond donors (Lipinski definition) is 1. The Morgan fingerprint density at radius 1 is 1.22 bits per heavy atom. The van der Waals surface area contributed by atoms with Crippen molar-refractivity contribution in [2.75, 3.05) is 6.61 Å². The fraction of sp³-hybridized carbons (Fsp3) is 0.538. The number of para-hydroxylation sites is 1. The SMILES string of the molecule is CCCOc1ccccc1C(C)(O)CC(F)(F)F. The second kappa shape index (κ2) is 5.61. The Morgan fingerprint density at radius 2 is 1.83 bits per heavy atom. The molecule has 102 valence electrons. The summed E-state index contributed by atoms with van der Waals surface area (Å²) in [5.41, 5.74) is -1.82. The van der Waals surface area contributed by atoms with E-state index in [9.17, 15) is 18.3 Å². The zero-order chi connectivity index (χ0) is 13.8. The van der Waals surface area contributed by atoms with Gasteiger partial charge in [0.15, 0.2) is 0 Å². The van der Waals surface area contributed by atoms with E-state index in [4.69, 9.17) is 4.74 Å². The molecule has 0 fully saturated rings. The van der Waals surface area contributed by atoms with Crippen LogP contribution in [0.25, 0.3) is 0 Å². The summed E-state index contributed by atoms with van der Waals surface area (Å²) in [4.78, 5) is 0. The average molecular weight is 262 g/mol. The third kappa shape index (κ3) is 4.22. The van der Waals surface area contributed by atoms with Crippen molar-refractivity contribution < 1.29 is 23.0 Å². The molecule has 18 heavy (non-hydrogen) atoms. The molecular formula is C13H17F3O2. The summed E-state index contributed by atoms with van der Waals surface area (Å²) in [6, 6.07) is 6.27. The van der Waals surface area contributed by atoms with Crippen molar-refractivity contribution in [3.8, 4) is 5.75 Å². The van der Waals surface area contributed by atoms with Crippen LogP contribution in [0, 0.1) is 0 Å². The minimum absolute atomic E-state index is 0.163. The van der Waals surface area contributed by atoms with Crippen molar-refractivity contribution in [1.82, 2.24) is 0 Å². The maximum atomic E-state index is 12.4. The number of ether oxygens (including phenoxy) is 1. The molecule has 0 aliphatic carbocycles. The molecule has 0 heterocycles. The van der Waals surface area contributed by atoms with Gasteiger partial charge in [0.1, 0.15) is 5.75 Å². The Bertz CT molecular complexity index is 386. The molecule has 1 unspecified atom stereocenters. The molecule has 1 N–H and O–H groups in total. The molecule has 0 radical (unpaired) electrons. The van der Waals surface area contributed by atoms with Crippen LogP contribution in [0.1, 0.15) is 32.3 Å². The van der Waals surface area contributed by atoms with E-state index in [0.29, 0.717) is 12.4 Å². The molecule has 0 spiro atoms. The van der Waals surface area contributed by atoms with Crippen LogP contribution in [0.2, 0.25) is 0 Å². The van der Waals surface area contributed by atoms with Crippen molar-refractivity contribution in [3.63, 3.8) is 0 Å². The van der Waals surface area contributed by atoms with E-state index in [1.54, 1.807) is 18.2 Å². The van der Waals surface area contributed by atoms with E-state index >= 15 is 0 Å². The van der Waals surface area contributed by atoms with Crippen LogP contribution in [-0.4, -0.2) is 17.9 Å². The fourth-order valence-corrected chi connectivity index (χ4v) is 1.74. The average Bonchev–Trinajstić information content (AvgIpc) is 2.23. The van der Waals surface area contributed by atoms with E-state index in [-0.39, 0.29) is 5.56 Å². The van der Waals surface area contributed by atoms with Crippen LogP contribution in [0.5, 0.6) is 5.75 Å². The highest BCUT2D eigenvalue weighted by molar-refractivity contribution is 5.37. The molecule has 5 heteroatoms. The van der Waals surface area contributed by atoms with E-state index in [1.807, 2.05) is 6.92 Å². The molecule has 0 aliphatic rings. The molecule has 1 atom stereocenters. The lowest BCUT2D eigenvalue weighted by molar-refractivity contribution is -0.174. The molecule has 1 aromatic carbocycles. The third-order valence-corrected chi connectivity index (χ3v) is 2.47. The van der Waals surface area contributed by atoms with E-state index in [2.05, 4.69) is 0 Å². The van der Waals surface area contributed by atoms with Crippen molar-refractivity contribution in [1.29, 1.82) is 0 Å². The van der Waals surface area contributed by atoms with Crippen LogP contribution in [0.4, 0.5) is 13.2 Å². The van der Waals surface area contributed by atoms with Gasteiger partial charge in [0.25, 0.3) is 0 Å². The van der Waals surface area contributed by atoms with Gasteiger partial charge in [-0.2, -0.15) is 13.2 Å². The van der Waals surface area contributed by atoms with E-state index in [1.165, 1.54) is 6.07 Å². The topological polar surface area (TPSA) is 29.5 Å². The summed E-state index contributed by atoms with van der Waals surface area (Å²) in [5, 5.41) is 10.0. The highest BCUT2D eigenvalue weighted by Gasteiger charge is 2.40. The molecule has 0 bridgehead atoms. The minimum Gasteiger partial charge on any atom is -0.493 e. The molecule has 2 nitrogen and oxygen atoms in total. The molecule has 1 aromatic rings. The highest BCUT2D eigenvalue weighted by atomic mass is 19.4. The molecule has 1 rings (SSSR count). The van der Waals surface area contributed by atoms with Crippen LogP contribution < -0.4 is 4.74 Å². The second-order valence-electron chi connectivity index (χ2n) is 4.41. The normalized spacial score (nSPS) is 15.2. The first kappa shape index (κ1) is 14.8. The molecular weight excluding hydrogens is 245 g/mol. The zero-order valence-electron chi connectivity index (χ0n) is 10.4. The Kier molecular flexibility index (Phi) is 4.62. The van der Waals surface area contributed by atoms with Gasteiger partial charge in [-0.05, 0) is 19.4 Å². The maximum Gasteiger partial charge on any atom is 0.392 e. The number of benzene rings is 1. The number of hydrogen-bond acceptors (Lipinski definition) is 2. The van der Waals surface area contributed by atoms with E-state index < -0.39 is 18.2 Å². The summed E-state index contributed by atoms with van der Waals surface area (Å²) in [7, 11) is 0.